The van der Waals surface area contributed by atoms with E-state index in [1.54, 1.807) is 7.11 Å². The van der Waals surface area contributed by atoms with Crippen molar-refractivity contribution < 1.29 is 13.5 Å². The summed E-state index contributed by atoms with van der Waals surface area (Å²) in [7, 11) is 1.68. The van der Waals surface area contributed by atoms with Crippen LogP contribution < -0.4 is 36.6 Å². The third-order valence-electron chi connectivity index (χ3n) is 13.6. The number of aryl methyl sites for hydroxylation is 2. The fourth-order valence-electron chi connectivity index (χ4n) is 9.10. The lowest BCUT2D eigenvalue weighted by molar-refractivity contribution is 0.414. The molecule has 0 aliphatic heterocycles. The first-order valence-electron chi connectivity index (χ1n) is 28.2. The molecule has 0 saturated carbocycles. The predicted molar refractivity (Wildman–Crippen MR) is 328 cm³/mol. The van der Waals surface area contributed by atoms with Gasteiger partial charge >= 0.3 is 0 Å². The number of ether oxygens (including phenoxy) is 1. The molecule has 416 valence electrons. The average Bonchev–Trinajstić information content (AvgIpc) is 3.49. The normalized spacial score (nSPS) is 11.7. The average molecular weight is 1090 g/mol. The largest absolute Gasteiger partial charge is 0.497 e. The van der Waals surface area contributed by atoms with Crippen molar-refractivity contribution in [1.82, 2.24) is 31.9 Å². The smallest absolute Gasteiger partial charge is 0.123 e. The van der Waals surface area contributed by atoms with Gasteiger partial charge in [0.1, 0.15) is 17.4 Å². The lowest BCUT2D eigenvalue weighted by Gasteiger charge is -2.20. The fraction of sp³-hybridized carbons (Fsp3) is 0.304. The Labute approximate surface area is 476 Å². The first-order chi connectivity index (χ1) is 38.8. The zero-order valence-electron chi connectivity index (χ0n) is 46.4. The summed E-state index contributed by atoms with van der Waals surface area (Å²) in [4.78, 5) is 0. The minimum atomic E-state index is -0.190. The van der Waals surface area contributed by atoms with Gasteiger partial charge in [0.2, 0.25) is 0 Å². The van der Waals surface area contributed by atoms with Gasteiger partial charge in [0, 0.05) is 43.3 Å². The van der Waals surface area contributed by atoms with Crippen molar-refractivity contribution >= 4 is 11.6 Å². The molecule has 8 rings (SSSR count). The van der Waals surface area contributed by atoms with Crippen molar-refractivity contribution in [3.05, 3.63) is 279 Å². The third kappa shape index (κ3) is 25.4. The third-order valence-corrected chi connectivity index (χ3v) is 14.0. The molecule has 0 heterocycles. The highest BCUT2D eigenvalue weighted by Crippen LogP contribution is 2.17. The molecule has 0 saturated heterocycles. The molecule has 0 aliphatic rings. The summed E-state index contributed by atoms with van der Waals surface area (Å²) in [6, 6.07) is 70.6. The minimum absolute atomic E-state index is 0.182. The number of rotatable bonds is 31. The molecule has 10 heteroatoms. The van der Waals surface area contributed by atoms with Crippen LogP contribution in [0.1, 0.15) is 68.6 Å². The topological polar surface area (TPSA) is 81.4 Å². The second-order valence-electron chi connectivity index (χ2n) is 19.8. The van der Waals surface area contributed by atoms with Crippen LogP contribution in [0.3, 0.4) is 0 Å². The summed E-state index contributed by atoms with van der Waals surface area (Å²) in [6.45, 7) is 11.5. The van der Waals surface area contributed by atoms with Crippen molar-refractivity contribution in [2.45, 2.75) is 64.0 Å². The summed E-state index contributed by atoms with van der Waals surface area (Å²) in [5.41, 5.74) is 11.5. The number of nitrogens with one attached hydrogen (secondary N) is 6. The first-order valence-corrected chi connectivity index (χ1v) is 28.5. The van der Waals surface area contributed by atoms with Crippen molar-refractivity contribution in [3.63, 3.8) is 0 Å². The highest BCUT2D eigenvalue weighted by atomic mass is 35.5. The summed E-state index contributed by atoms with van der Waals surface area (Å²) >= 11 is 6.13. The van der Waals surface area contributed by atoms with Gasteiger partial charge in [-0.05, 0) is 178 Å². The van der Waals surface area contributed by atoms with Crippen LogP contribution in [-0.4, -0.2) is 72.6 Å². The standard InChI is InChI=1S/C25H29FN2O.C25H29FN2.C19H25ClN2/c1-29-24-13-9-21(10-14-24)15-17-27-19-25(22-5-3-2-4-6-22)28-18-16-20-7-11-23(26)12-8-20;26-24-15-13-22(14-16-24)17-19-28-25(23-11-5-2-6-12-23)20-27-18-7-10-21-8-3-1-4-9-21;1-16-5-4-6-17(15-16)9-11-21-13-14-22-12-10-18-7-2-3-8-19(18)20/h2-14,25,27-28H,15-19H2,1H3;1-6,8-9,11-16,25,27-28H,7,10,17-20H2;2-8,15,21-22H,9-14H2,1H3. The first kappa shape index (κ1) is 61.7. The van der Waals surface area contributed by atoms with E-state index in [0.29, 0.717) is 0 Å². The van der Waals surface area contributed by atoms with Crippen LogP contribution in [0, 0.1) is 18.6 Å². The molecule has 0 aliphatic carbocycles. The zero-order chi connectivity index (χ0) is 55.4. The molecule has 8 aromatic carbocycles. The number of methoxy groups -OCH3 is 1. The second-order valence-corrected chi connectivity index (χ2v) is 20.2. The van der Waals surface area contributed by atoms with Gasteiger partial charge in [-0.25, -0.2) is 8.78 Å². The van der Waals surface area contributed by atoms with E-state index in [1.807, 2.05) is 66.7 Å². The molecule has 2 unspecified atom stereocenters. The van der Waals surface area contributed by atoms with E-state index in [2.05, 4.69) is 160 Å². The molecule has 2 atom stereocenters. The Kier molecular flexibility index (Phi) is 29.2. The molecular weight excluding hydrogens is 1000 g/mol. The number of halogens is 3. The lowest BCUT2D eigenvalue weighted by atomic mass is 10.1. The van der Waals surface area contributed by atoms with Gasteiger partial charge in [-0.15, -0.1) is 0 Å². The maximum absolute atomic E-state index is 13.1. The Morgan fingerprint density at radius 3 is 1.35 bits per heavy atom. The molecule has 7 nitrogen and oxygen atoms in total. The van der Waals surface area contributed by atoms with Crippen LogP contribution in [0.5, 0.6) is 5.75 Å². The summed E-state index contributed by atoms with van der Waals surface area (Å²) in [5, 5.41) is 22.2. The maximum atomic E-state index is 13.1. The Bertz CT molecular complexity index is 2810. The van der Waals surface area contributed by atoms with E-state index in [0.717, 1.165) is 132 Å². The molecule has 0 radical (unpaired) electrons. The number of hydrogen-bond acceptors (Lipinski definition) is 7. The quantitative estimate of drug-likeness (QED) is 0.0242. The fourth-order valence-corrected chi connectivity index (χ4v) is 9.33. The Morgan fingerprint density at radius 2 is 0.823 bits per heavy atom. The van der Waals surface area contributed by atoms with Crippen molar-refractivity contribution in [1.29, 1.82) is 0 Å². The van der Waals surface area contributed by atoms with Gasteiger partial charge in [0.25, 0.3) is 0 Å². The summed E-state index contributed by atoms with van der Waals surface area (Å²) in [6.07, 6.45) is 7.02. The van der Waals surface area contributed by atoms with E-state index in [1.165, 1.54) is 63.2 Å². The zero-order valence-corrected chi connectivity index (χ0v) is 47.2. The number of hydrogen-bond donors (Lipinski definition) is 6. The Morgan fingerprint density at radius 1 is 0.392 bits per heavy atom. The highest BCUT2D eigenvalue weighted by molar-refractivity contribution is 6.31. The van der Waals surface area contributed by atoms with E-state index in [9.17, 15) is 8.78 Å². The van der Waals surface area contributed by atoms with Crippen molar-refractivity contribution in [2.75, 3.05) is 72.6 Å². The van der Waals surface area contributed by atoms with Crippen LogP contribution >= 0.6 is 11.6 Å². The lowest BCUT2D eigenvalue weighted by Crippen LogP contribution is -2.33. The van der Waals surface area contributed by atoms with E-state index in [-0.39, 0.29) is 23.7 Å². The highest BCUT2D eigenvalue weighted by Gasteiger charge is 2.12. The van der Waals surface area contributed by atoms with E-state index < -0.39 is 0 Å². The predicted octanol–water partition coefficient (Wildman–Crippen LogP) is 13.1. The van der Waals surface area contributed by atoms with Gasteiger partial charge in [0.05, 0.1) is 7.11 Å². The minimum Gasteiger partial charge on any atom is -0.497 e. The SMILES string of the molecule is COc1ccc(CCNCC(NCCc2ccc(F)cc2)c2ccccc2)cc1.Cc1cccc(CCNCCNCCc2ccccc2Cl)c1.Fc1ccc(CCNC(CNCCCc2ccccc2)c2ccccc2)cc1. The van der Waals surface area contributed by atoms with Gasteiger partial charge in [-0.2, -0.15) is 0 Å². The van der Waals surface area contributed by atoms with Gasteiger partial charge in [-0.1, -0.05) is 187 Å². The second kappa shape index (κ2) is 37.4. The van der Waals surface area contributed by atoms with E-state index >= 15 is 0 Å². The maximum Gasteiger partial charge on any atom is 0.123 e. The number of benzene rings is 8. The van der Waals surface area contributed by atoms with Gasteiger partial charge < -0.3 is 36.6 Å². The monoisotopic (exact) mass is 1080 g/mol. The summed E-state index contributed by atoms with van der Waals surface area (Å²) < 4.78 is 31.3. The Balaban J connectivity index is 0.000000193. The molecule has 79 heavy (non-hydrogen) atoms. The summed E-state index contributed by atoms with van der Waals surface area (Å²) in [5.74, 6) is 0.514. The van der Waals surface area contributed by atoms with Gasteiger partial charge in [0.15, 0.2) is 0 Å². The molecule has 0 aromatic heterocycles. The molecule has 8 aromatic rings. The molecule has 0 amide bonds. The molecule has 0 bridgehead atoms. The van der Waals surface area contributed by atoms with Crippen molar-refractivity contribution in [2.24, 2.45) is 0 Å². The van der Waals surface area contributed by atoms with E-state index in [4.69, 9.17) is 16.3 Å². The van der Waals surface area contributed by atoms with Crippen LogP contribution in [0.2, 0.25) is 5.02 Å². The Hall–Kier alpha value is -6.53. The van der Waals surface area contributed by atoms with Crippen molar-refractivity contribution in [3.8, 4) is 5.75 Å². The van der Waals surface area contributed by atoms with Crippen LogP contribution in [0.15, 0.2) is 212 Å². The molecule has 0 fully saturated rings. The van der Waals surface area contributed by atoms with Crippen LogP contribution in [-0.2, 0) is 38.5 Å². The van der Waals surface area contributed by atoms with Crippen LogP contribution in [0.25, 0.3) is 0 Å². The van der Waals surface area contributed by atoms with Gasteiger partial charge in [-0.3, -0.25) is 0 Å². The molecular formula is C69H83ClF2N6O. The molecule has 0 spiro atoms. The molecule has 6 N–H and O–H groups in total. The van der Waals surface area contributed by atoms with Crippen LogP contribution in [0.4, 0.5) is 8.78 Å².